The molecule has 0 aliphatic rings. The molecule has 0 spiro atoms. The van der Waals surface area contributed by atoms with Crippen molar-refractivity contribution in [2.75, 3.05) is 0 Å². The zero-order valence-corrected chi connectivity index (χ0v) is 10.5. The molecule has 0 unspecified atom stereocenters. The van der Waals surface area contributed by atoms with E-state index in [0.29, 0.717) is 0 Å². The highest BCUT2D eigenvalue weighted by molar-refractivity contribution is 14.1. The Morgan fingerprint density at radius 3 is 2.38 bits per heavy atom. The molecular weight excluding hydrogens is 271 g/mol. The van der Waals surface area contributed by atoms with E-state index in [1.54, 1.807) is 0 Å². The van der Waals surface area contributed by atoms with Gasteiger partial charge in [0, 0.05) is 3.92 Å². The van der Waals surface area contributed by atoms with Crippen LogP contribution >= 0.6 is 22.6 Å². The van der Waals surface area contributed by atoms with Crippen LogP contribution in [0.4, 0.5) is 0 Å². The summed E-state index contributed by atoms with van der Waals surface area (Å²) in [5.74, 6) is 0.820. The Balaban J connectivity index is 2.50. The highest BCUT2D eigenvalue weighted by Crippen LogP contribution is 2.20. The van der Waals surface area contributed by atoms with E-state index in [1.165, 1.54) is 18.4 Å². The Labute approximate surface area is 94.9 Å². The molecule has 0 aromatic heterocycles. The second-order valence-corrected chi connectivity index (χ2v) is 5.19. The third-order valence-electron chi connectivity index (χ3n) is 2.53. The largest absolute Gasteiger partial charge is 0.0820 e. The number of hydrogen-bond acceptors (Lipinski definition) is 0. The van der Waals surface area contributed by atoms with Crippen LogP contribution in [0.15, 0.2) is 30.3 Å². The summed E-state index contributed by atoms with van der Waals surface area (Å²) < 4.78 is 0.769. The van der Waals surface area contributed by atoms with Gasteiger partial charge in [-0.3, -0.25) is 0 Å². The fraction of sp³-hybridized carbons (Fsp3) is 0.500. The molecule has 0 saturated carbocycles. The predicted octanol–water partition coefficient (Wildman–Crippen LogP) is 4.08. The van der Waals surface area contributed by atoms with Crippen LogP contribution < -0.4 is 0 Å². The van der Waals surface area contributed by atoms with Crippen molar-refractivity contribution >= 4 is 22.6 Å². The first-order valence-corrected chi connectivity index (χ1v) is 6.16. The van der Waals surface area contributed by atoms with E-state index < -0.39 is 0 Å². The molecule has 0 fully saturated rings. The van der Waals surface area contributed by atoms with Gasteiger partial charge in [-0.05, 0) is 17.9 Å². The van der Waals surface area contributed by atoms with Gasteiger partial charge in [0.15, 0.2) is 0 Å². The van der Waals surface area contributed by atoms with Crippen molar-refractivity contribution in [1.82, 2.24) is 0 Å². The molecule has 0 aliphatic carbocycles. The van der Waals surface area contributed by atoms with Crippen molar-refractivity contribution in [3.05, 3.63) is 35.9 Å². The number of hydrogen-bond donors (Lipinski definition) is 0. The summed E-state index contributed by atoms with van der Waals surface area (Å²) >= 11 is 2.57. The third-order valence-corrected chi connectivity index (χ3v) is 4.20. The summed E-state index contributed by atoms with van der Waals surface area (Å²) in [7, 11) is 0. The first-order chi connectivity index (χ1) is 6.24. The van der Waals surface area contributed by atoms with E-state index in [0.717, 1.165) is 9.84 Å². The van der Waals surface area contributed by atoms with Gasteiger partial charge in [-0.1, -0.05) is 73.2 Å². The van der Waals surface area contributed by atoms with E-state index >= 15 is 0 Å². The smallest absolute Gasteiger partial charge is 0.0175 e. The number of benzene rings is 1. The minimum Gasteiger partial charge on any atom is -0.0820 e. The second kappa shape index (κ2) is 5.63. The minimum absolute atomic E-state index is 0.769. The van der Waals surface area contributed by atoms with Crippen LogP contribution in [0.5, 0.6) is 0 Å². The summed E-state index contributed by atoms with van der Waals surface area (Å²) in [5.41, 5.74) is 1.46. The van der Waals surface area contributed by atoms with Crippen molar-refractivity contribution in [2.45, 2.75) is 30.6 Å². The van der Waals surface area contributed by atoms with Gasteiger partial charge < -0.3 is 0 Å². The van der Waals surface area contributed by atoms with Gasteiger partial charge in [0.2, 0.25) is 0 Å². The Morgan fingerprint density at radius 2 is 1.85 bits per heavy atom. The Kier molecular flexibility index (Phi) is 4.78. The standard InChI is InChI=1S/C12H17I/c1-3-10(2)12(13)9-11-7-5-4-6-8-11/h4-8,10,12H,3,9H2,1-2H3/t10-,12+/m1/s1. The van der Waals surface area contributed by atoms with Crippen molar-refractivity contribution in [3.8, 4) is 0 Å². The van der Waals surface area contributed by atoms with Gasteiger partial charge >= 0.3 is 0 Å². The molecule has 2 atom stereocenters. The average molecular weight is 288 g/mol. The number of halogens is 1. The first kappa shape index (κ1) is 11.0. The van der Waals surface area contributed by atoms with Crippen molar-refractivity contribution in [1.29, 1.82) is 0 Å². The van der Waals surface area contributed by atoms with Gasteiger partial charge in [0.1, 0.15) is 0 Å². The lowest BCUT2D eigenvalue weighted by molar-refractivity contribution is 0.546. The van der Waals surface area contributed by atoms with E-state index in [4.69, 9.17) is 0 Å². The molecule has 0 nitrogen and oxygen atoms in total. The molecule has 1 rings (SSSR count). The molecule has 0 heterocycles. The van der Waals surface area contributed by atoms with Crippen molar-refractivity contribution < 1.29 is 0 Å². The summed E-state index contributed by atoms with van der Waals surface area (Å²) in [6.07, 6.45) is 2.48. The summed E-state index contributed by atoms with van der Waals surface area (Å²) in [6.45, 7) is 4.60. The highest BCUT2D eigenvalue weighted by atomic mass is 127. The maximum Gasteiger partial charge on any atom is 0.0175 e. The first-order valence-electron chi connectivity index (χ1n) is 4.92. The molecule has 0 aliphatic heterocycles. The third kappa shape index (κ3) is 3.67. The fourth-order valence-corrected chi connectivity index (χ4v) is 2.31. The molecule has 1 aromatic rings. The lowest BCUT2D eigenvalue weighted by atomic mass is 9.99. The van der Waals surface area contributed by atoms with E-state index in [-0.39, 0.29) is 0 Å². The van der Waals surface area contributed by atoms with E-state index in [9.17, 15) is 0 Å². The number of alkyl halides is 1. The van der Waals surface area contributed by atoms with Crippen LogP contribution in [0, 0.1) is 5.92 Å². The summed E-state index contributed by atoms with van der Waals surface area (Å²) in [4.78, 5) is 0. The zero-order chi connectivity index (χ0) is 9.68. The molecule has 0 amide bonds. The monoisotopic (exact) mass is 288 g/mol. The van der Waals surface area contributed by atoms with E-state index in [1.807, 2.05) is 0 Å². The molecule has 0 radical (unpaired) electrons. The van der Waals surface area contributed by atoms with Gasteiger partial charge in [0.25, 0.3) is 0 Å². The van der Waals surface area contributed by atoms with Crippen LogP contribution in [0.25, 0.3) is 0 Å². The quantitative estimate of drug-likeness (QED) is 0.578. The van der Waals surface area contributed by atoms with Crippen molar-refractivity contribution in [3.63, 3.8) is 0 Å². The Bertz CT molecular complexity index is 230. The normalized spacial score (nSPS) is 15.3. The molecule has 1 aromatic carbocycles. The predicted molar refractivity (Wildman–Crippen MR) is 67.4 cm³/mol. The molecule has 0 bridgehead atoms. The molecule has 72 valence electrons. The lowest BCUT2D eigenvalue weighted by Gasteiger charge is -2.16. The van der Waals surface area contributed by atoms with Crippen molar-refractivity contribution in [2.24, 2.45) is 5.92 Å². The zero-order valence-electron chi connectivity index (χ0n) is 8.33. The summed E-state index contributed by atoms with van der Waals surface area (Å²) in [6, 6.07) is 10.8. The topological polar surface area (TPSA) is 0 Å². The molecule has 0 N–H and O–H groups in total. The molecular formula is C12H17I. The summed E-state index contributed by atoms with van der Waals surface area (Å²) in [5, 5.41) is 0. The number of rotatable bonds is 4. The molecule has 13 heavy (non-hydrogen) atoms. The Hall–Kier alpha value is -0.0500. The fourth-order valence-electron chi connectivity index (χ4n) is 1.30. The van der Waals surface area contributed by atoms with Crippen LogP contribution in [0.1, 0.15) is 25.8 Å². The van der Waals surface area contributed by atoms with Gasteiger partial charge in [-0.15, -0.1) is 0 Å². The molecule has 0 saturated heterocycles. The average Bonchev–Trinajstić information content (AvgIpc) is 2.18. The maximum atomic E-state index is 2.57. The highest BCUT2D eigenvalue weighted by Gasteiger charge is 2.11. The van der Waals surface area contributed by atoms with Crippen LogP contribution in [0.3, 0.4) is 0 Å². The van der Waals surface area contributed by atoms with Gasteiger partial charge in [-0.2, -0.15) is 0 Å². The van der Waals surface area contributed by atoms with Gasteiger partial charge in [-0.25, -0.2) is 0 Å². The van der Waals surface area contributed by atoms with Crippen LogP contribution in [-0.4, -0.2) is 3.92 Å². The van der Waals surface area contributed by atoms with Crippen LogP contribution in [0.2, 0.25) is 0 Å². The Morgan fingerprint density at radius 1 is 1.23 bits per heavy atom. The minimum atomic E-state index is 0.769. The second-order valence-electron chi connectivity index (χ2n) is 3.59. The SMILES string of the molecule is CC[C@@H](C)[C@@H](I)Cc1ccccc1. The molecule has 1 heteroatoms. The van der Waals surface area contributed by atoms with E-state index in [2.05, 4.69) is 66.8 Å². The van der Waals surface area contributed by atoms with Gasteiger partial charge in [0.05, 0.1) is 0 Å². The lowest BCUT2D eigenvalue weighted by Crippen LogP contribution is -2.12. The maximum absolute atomic E-state index is 2.57. The van der Waals surface area contributed by atoms with Crippen LogP contribution in [-0.2, 0) is 6.42 Å².